The van der Waals surface area contributed by atoms with Crippen LogP contribution in [0, 0.1) is 5.92 Å². The average Bonchev–Trinajstić information content (AvgIpc) is 2.19. The molecule has 0 spiro atoms. The third kappa shape index (κ3) is 3.27. The van der Waals surface area contributed by atoms with Crippen molar-refractivity contribution in [3.8, 4) is 0 Å². The van der Waals surface area contributed by atoms with Gasteiger partial charge >= 0.3 is 5.97 Å². The lowest BCUT2D eigenvalue weighted by Crippen LogP contribution is -2.43. The molecule has 0 aromatic heterocycles. The molecule has 0 radical (unpaired) electrons. The Hall–Kier alpha value is -0.610. The van der Waals surface area contributed by atoms with Gasteiger partial charge in [-0.15, -0.1) is 0 Å². The van der Waals surface area contributed by atoms with Crippen molar-refractivity contribution in [3.63, 3.8) is 0 Å². The summed E-state index contributed by atoms with van der Waals surface area (Å²) in [5, 5.41) is 11.9. The van der Waals surface area contributed by atoms with E-state index in [-0.39, 0.29) is 0 Å². The Labute approximate surface area is 84.9 Å². The summed E-state index contributed by atoms with van der Waals surface area (Å²) >= 11 is 0. The van der Waals surface area contributed by atoms with Crippen LogP contribution in [0.4, 0.5) is 0 Å². The Balaban J connectivity index is 2.25. The Kier molecular flexibility index (Phi) is 4.35. The van der Waals surface area contributed by atoms with Gasteiger partial charge in [0.1, 0.15) is 6.04 Å². The molecule has 0 aromatic rings. The summed E-state index contributed by atoms with van der Waals surface area (Å²) in [6.45, 7) is 2.46. The summed E-state index contributed by atoms with van der Waals surface area (Å²) in [6.07, 6.45) is 4.36. The predicted molar refractivity (Wildman–Crippen MR) is 55.0 cm³/mol. The van der Waals surface area contributed by atoms with E-state index in [1.807, 2.05) is 0 Å². The van der Waals surface area contributed by atoms with E-state index in [0.717, 1.165) is 32.2 Å². The number of nitrogens with two attached hydrogens (primary N) is 1. The monoisotopic (exact) mass is 200 g/mol. The fourth-order valence-corrected chi connectivity index (χ4v) is 1.99. The minimum absolute atomic E-state index is 0.365. The highest BCUT2D eigenvalue weighted by molar-refractivity contribution is 5.72. The van der Waals surface area contributed by atoms with Crippen molar-refractivity contribution >= 4 is 5.97 Å². The molecule has 0 aromatic carbocycles. The highest BCUT2D eigenvalue weighted by atomic mass is 16.4. The molecule has 1 aliphatic carbocycles. The first-order valence-corrected chi connectivity index (χ1v) is 5.32. The molecular weight excluding hydrogens is 180 g/mol. The zero-order valence-electron chi connectivity index (χ0n) is 8.70. The molecule has 0 aliphatic heterocycles. The van der Waals surface area contributed by atoms with Crippen LogP contribution in [0.1, 0.15) is 32.6 Å². The van der Waals surface area contributed by atoms with Crippen LogP contribution in [0.2, 0.25) is 0 Å². The minimum Gasteiger partial charge on any atom is -0.480 e. The van der Waals surface area contributed by atoms with Crippen molar-refractivity contribution in [2.75, 3.05) is 6.54 Å². The van der Waals surface area contributed by atoms with Gasteiger partial charge in [0, 0.05) is 6.04 Å². The molecule has 0 amide bonds. The molecule has 14 heavy (non-hydrogen) atoms. The summed E-state index contributed by atoms with van der Waals surface area (Å²) in [5.74, 6) is -0.126. The van der Waals surface area contributed by atoms with Crippen LogP contribution in [0.15, 0.2) is 0 Å². The topological polar surface area (TPSA) is 75.3 Å². The van der Waals surface area contributed by atoms with Crippen LogP contribution in [-0.4, -0.2) is 29.7 Å². The molecule has 1 rings (SSSR count). The second-order valence-electron chi connectivity index (χ2n) is 4.18. The molecule has 1 atom stereocenters. The number of carboxylic acid groups (broad SMARTS) is 1. The third-order valence-corrected chi connectivity index (χ3v) is 3.04. The van der Waals surface area contributed by atoms with E-state index in [4.69, 9.17) is 10.8 Å². The van der Waals surface area contributed by atoms with E-state index in [9.17, 15) is 4.79 Å². The third-order valence-electron chi connectivity index (χ3n) is 3.04. The number of carboxylic acids is 1. The molecule has 4 N–H and O–H groups in total. The number of carbonyl (C=O) groups is 1. The standard InChI is InChI=1S/C10H20N2O2/c1-7(10(13)14)12-9-4-2-8(6-11)3-5-9/h7-9,12H,2-6,11H2,1H3,(H,13,14). The Morgan fingerprint density at radius 3 is 2.50 bits per heavy atom. The van der Waals surface area contributed by atoms with E-state index in [2.05, 4.69) is 5.32 Å². The van der Waals surface area contributed by atoms with Gasteiger partial charge in [0.2, 0.25) is 0 Å². The SMILES string of the molecule is CC(NC1CCC(CN)CC1)C(=O)O. The smallest absolute Gasteiger partial charge is 0.320 e. The summed E-state index contributed by atoms with van der Waals surface area (Å²) in [6, 6.07) is -0.0710. The zero-order valence-corrected chi connectivity index (χ0v) is 8.70. The van der Waals surface area contributed by atoms with Crippen molar-refractivity contribution in [1.29, 1.82) is 0 Å². The Morgan fingerprint density at radius 2 is 2.07 bits per heavy atom. The molecule has 1 fully saturated rings. The highest BCUT2D eigenvalue weighted by Crippen LogP contribution is 2.23. The van der Waals surface area contributed by atoms with Crippen molar-refractivity contribution in [1.82, 2.24) is 5.32 Å². The second-order valence-corrected chi connectivity index (χ2v) is 4.18. The Morgan fingerprint density at radius 1 is 1.50 bits per heavy atom. The lowest BCUT2D eigenvalue weighted by molar-refractivity contribution is -0.139. The van der Waals surface area contributed by atoms with Crippen molar-refractivity contribution < 1.29 is 9.90 Å². The fourth-order valence-electron chi connectivity index (χ4n) is 1.99. The first kappa shape index (κ1) is 11.5. The average molecular weight is 200 g/mol. The molecule has 1 saturated carbocycles. The second kappa shape index (κ2) is 5.32. The van der Waals surface area contributed by atoms with Gasteiger partial charge in [-0.1, -0.05) is 0 Å². The van der Waals surface area contributed by atoms with Gasteiger partial charge in [-0.25, -0.2) is 0 Å². The summed E-state index contributed by atoms with van der Waals surface area (Å²) in [4.78, 5) is 10.6. The normalized spacial score (nSPS) is 29.9. The van der Waals surface area contributed by atoms with Gasteiger partial charge < -0.3 is 16.2 Å². The molecule has 0 heterocycles. The maximum absolute atomic E-state index is 10.6. The molecule has 1 unspecified atom stereocenters. The molecule has 82 valence electrons. The first-order valence-electron chi connectivity index (χ1n) is 5.32. The van der Waals surface area contributed by atoms with E-state index < -0.39 is 12.0 Å². The number of rotatable bonds is 4. The molecule has 4 nitrogen and oxygen atoms in total. The molecule has 0 saturated heterocycles. The largest absolute Gasteiger partial charge is 0.480 e. The number of aliphatic carboxylic acids is 1. The van der Waals surface area contributed by atoms with Gasteiger partial charge in [0.15, 0.2) is 0 Å². The van der Waals surface area contributed by atoms with Crippen LogP contribution in [0.5, 0.6) is 0 Å². The molecule has 0 bridgehead atoms. The first-order chi connectivity index (χ1) is 6.63. The quantitative estimate of drug-likeness (QED) is 0.620. The van der Waals surface area contributed by atoms with E-state index in [0.29, 0.717) is 12.0 Å². The van der Waals surface area contributed by atoms with Crippen LogP contribution >= 0.6 is 0 Å². The van der Waals surface area contributed by atoms with Crippen LogP contribution in [-0.2, 0) is 4.79 Å². The lowest BCUT2D eigenvalue weighted by atomic mass is 9.86. The van der Waals surface area contributed by atoms with Gasteiger partial charge in [0.05, 0.1) is 0 Å². The van der Waals surface area contributed by atoms with Crippen molar-refractivity contribution in [3.05, 3.63) is 0 Å². The molecular formula is C10H20N2O2. The molecule has 4 heteroatoms. The van der Waals surface area contributed by atoms with E-state index >= 15 is 0 Å². The number of hydrogen-bond acceptors (Lipinski definition) is 3. The lowest BCUT2D eigenvalue weighted by Gasteiger charge is -2.29. The maximum atomic E-state index is 10.6. The fraction of sp³-hybridized carbons (Fsp3) is 0.900. The van der Waals surface area contributed by atoms with E-state index in [1.54, 1.807) is 6.92 Å². The number of nitrogens with one attached hydrogen (secondary N) is 1. The van der Waals surface area contributed by atoms with Crippen molar-refractivity contribution in [2.24, 2.45) is 11.7 Å². The number of hydrogen-bond donors (Lipinski definition) is 3. The minimum atomic E-state index is -0.772. The summed E-state index contributed by atoms with van der Waals surface area (Å²) in [5.41, 5.74) is 5.58. The van der Waals surface area contributed by atoms with Crippen LogP contribution in [0.3, 0.4) is 0 Å². The van der Waals surface area contributed by atoms with E-state index in [1.165, 1.54) is 0 Å². The zero-order chi connectivity index (χ0) is 10.6. The van der Waals surface area contributed by atoms with Crippen molar-refractivity contribution in [2.45, 2.75) is 44.7 Å². The van der Waals surface area contributed by atoms with Gasteiger partial charge in [-0.3, -0.25) is 4.79 Å². The maximum Gasteiger partial charge on any atom is 0.320 e. The Bertz CT molecular complexity index is 189. The van der Waals surface area contributed by atoms with Gasteiger partial charge in [-0.2, -0.15) is 0 Å². The predicted octanol–water partition coefficient (Wildman–Crippen LogP) is 0.567. The summed E-state index contributed by atoms with van der Waals surface area (Å²) in [7, 11) is 0. The summed E-state index contributed by atoms with van der Waals surface area (Å²) < 4.78 is 0. The van der Waals surface area contributed by atoms with Crippen LogP contribution in [0.25, 0.3) is 0 Å². The highest BCUT2D eigenvalue weighted by Gasteiger charge is 2.22. The van der Waals surface area contributed by atoms with Crippen LogP contribution < -0.4 is 11.1 Å². The van der Waals surface area contributed by atoms with Gasteiger partial charge in [0.25, 0.3) is 0 Å². The molecule has 1 aliphatic rings. The van der Waals surface area contributed by atoms with Gasteiger partial charge in [-0.05, 0) is 45.1 Å².